The van der Waals surface area contributed by atoms with Crippen molar-refractivity contribution in [3.05, 3.63) is 34.2 Å². The van der Waals surface area contributed by atoms with Crippen molar-refractivity contribution in [2.45, 2.75) is 45.1 Å². The van der Waals surface area contributed by atoms with Crippen LogP contribution < -0.4 is 10.9 Å². The van der Waals surface area contributed by atoms with Gasteiger partial charge >= 0.3 is 0 Å². The molecule has 2 rings (SSSR count). The van der Waals surface area contributed by atoms with Gasteiger partial charge in [0.25, 0.3) is 5.91 Å². The lowest BCUT2D eigenvalue weighted by Crippen LogP contribution is -2.35. The van der Waals surface area contributed by atoms with Crippen molar-refractivity contribution >= 4 is 5.91 Å². The Morgan fingerprint density at radius 3 is 2.89 bits per heavy atom. The normalized spacial score (nSPS) is 24.3. The minimum atomic E-state index is -0.239. The zero-order valence-corrected chi connectivity index (χ0v) is 10.7. The second-order valence-electron chi connectivity index (χ2n) is 5.21. The molecule has 1 saturated carbocycles. The summed E-state index contributed by atoms with van der Waals surface area (Å²) in [5.41, 5.74) is 0.108. The van der Waals surface area contributed by atoms with Crippen LogP contribution in [0.3, 0.4) is 0 Å². The SMILES string of the molecule is CC1CCCC(NC(=O)c2cccc(=O)[nH]2)CC1. The second kappa shape index (κ2) is 5.85. The lowest BCUT2D eigenvalue weighted by molar-refractivity contribution is 0.0928. The Kier molecular flexibility index (Phi) is 4.18. The van der Waals surface area contributed by atoms with E-state index in [1.165, 1.54) is 12.5 Å². The van der Waals surface area contributed by atoms with Crippen LogP contribution in [0.5, 0.6) is 0 Å². The van der Waals surface area contributed by atoms with Gasteiger partial charge in [0, 0.05) is 12.1 Å². The number of amides is 1. The molecule has 0 spiro atoms. The highest BCUT2D eigenvalue weighted by Gasteiger charge is 2.18. The first-order chi connectivity index (χ1) is 8.65. The molecule has 0 radical (unpaired) electrons. The highest BCUT2D eigenvalue weighted by atomic mass is 16.2. The number of H-pyrrole nitrogens is 1. The van der Waals surface area contributed by atoms with E-state index in [0.717, 1.165) is 31.6 Å². The molecule has 2 N–H and O–H groups in total. The van der Waals surface area contributed by atoms with Crippen molar-refractivity contribution in [3.8, 4) is 0 Å². The molecule has 4 nitrogen and oxygen atoms in total. The Labute approximate surface area is 107 Å². The van der Waals surface area contributed by atoms with Gasteiger partial charge in [0.2, 0.25) is 5.56 Å². The van der Waals surface area contributed by atoms with Crippen LogP contribution in [0.1, 0.15) is 49.5 Å². The molecule has 0 aromatic carbocycles. The largest absolute Gasteiger partial charge is 0.348 e. The molecule has 1 aliphatic carbocycles. The van der Waals surface area contributed by atoms with Crippen molar-refractivity contribution in [3.63, 3.8) is 0 Å². The standard InChI is InChI=1S/C14H20N2O2/c1-10-4-2-5-11(9-8-10)15-14(18)12-6-3-7-13(17)16-12/h3,6-7,10-11H,2,4-5,8-9H2,1H3,(H,15,18)(H,16,17). The topological polar surface area (TPSA) is 62.0 Å². The third kappa shape index (κ3) is 3.45. The number of nitrogens with one attached hydrogen (secondary N) is 2. The molecule has 1 fully saturated rings. The Bertz CT molecular complexity index is 467. The molecule has 1 heterocycles. The lowest BCUT2D eigenvalue weighted by Gasteiger charge is -2.16. The van der Waals surface area contributed by atoms with Gasteiger partial charge < -0.3 is 10.3 Å². The molecule has 0 saturated heterocycles. The van der Waals surface area contributed by atoms with E-state index < -0.39 is 0 Å². The maximum Gasteiger partial charge on any atom is 0.268 e. The zero-order chi connectivity index (χ0) is 13.0. The van der Waals surface area contributed by atoms with E-state index >= 15 is 0 Å². The molecule has 1 aromatic heterocycles. The van der Waals surface area contributed by atoms with Gasteiger partial charge in [-0.2, -0.15) is 0 Å². The highest BCUT2D eigenvalue weighted by molar-refractivity contribution is 5.92. The van der Waals surface area contributed by atoms with Crippen LogP contribution in [0.15, 0.2) is 23.0 Å². The Morgan fingerprint density at radius 2 is 2.11 bits per heavy atom. The summed E-state index contributed by atoms with van der Waals surface area (Å²) in [7, 11) is 0. The molecular weight excluding hydrogens is 228 g/mol. The summed E-state index contributed by atoms with van der Waals surface area (Å²) in [6, 6.07) is 4.88. The molecule has 2 unspecified atom stereocenters. The number of aromatic nitrogens is 1. The van der Waals surface area contributed by atoms with E-state index in [4.69, 9.17) is 0 Å². The molecular formula is C14H20N2O2. The minimum Gasteiger partial charge on any atom is -0.348 e. The summed E-state index contributed by atoms with van der Waals surface area (Å²) >= 11 is 0. The fourth-order valence-electron chi connectivity index (χ4n) is 2.47. The van der Waals surface area contributed by atoms with Crippen molar-refractivity contribution in [1.82, 2.24) is 10.3 Å². The second-order valence-corrected chi connectivity index (χ2v) is 5.21. The molecule has 4 heteroatoms. The summed E-state index contributed by atoms with van der Waals surface area (Å²) in [6.45, 7) is 2.26. The van der Waals surface area contributed by atoms with Crippen LogP contribution >= 0.6 is 0 Å². The Morgan fingerprint density at radius 1 is 1.28 bits per heavy atom. The molecule has 18 heavy (non-hydrogen) atoms. The number of rotatable bonds is 2. The van der Waals surface area contributed by atoms with Gasteiger partial charge in [0.05, 0.1) is 0 Å². The molecule has 2 atom stereocenters. The van der Waals surface area contributed by atoms with Crippen LogP contribution in [0.25, 0.3) is 0 Å². The first-order valence-corrected chi connectivity index (χ1v) is 6.65. The van der Waals surface area contributed by atoms with Gasteiger partial charge in [-0.25, -0.2) is 0 Å². The maximum absolute atomic E-state index is 12.0. The third-order valence-corrected chi connectivity index (χ3v) is 3.61. The first-order valence-electron chi connectivity index (χ1n) is 6.65. The van der Waals surface area contributed by atoms with Crippen LogP contribution in [-0.4, -0.2) is 16.9 Å². The van der Waals surface area contributed by atoms with Gasteiger partial charge in [-0.05, 0) is 31.2 Å². The molecule has 1 aromatic rings. The van der Waals surface area contributed by atoms with E-state index in [1.54, 1.807) is 12.1 Å². The fraction of sp³-hybridized carbons (Fsp3) is 0.571. The van der Waals surface area contributed by atoms with E-state index in [-0.39, 0.29) is 17.5 Å². The van der Waals surface area contributed by atoms with Crippen molar-refractivity contribution in [2.75, 3.05) is 0 Å². The van der Waals surface area contributed by atoms with E-state index in [0.29, 0.717) is 5.69 Å². The Balaban J connectivity index is 1.96. The molecule has 98 valence electrons. The number of carbonyl (C=O) groups excluding carboxylic acids is 1. The number of pyridine rings is 1. The van der Waals surface area contributed by atoms with Gasteiger partial charge in [-0.3, -0.25) is 9.59 Å². The van der Waals surface area contributed by atoms with Crippen LogP contribution in [0.2, 0.25) is 0 Å². The summed E-state index contributed by atoms with van der Waals surface area (Å²) in [4.78, 5) is 25.7. The van der Waals surface area contributed by atoms with Gasteiger partial charge in [0.15, 0.2) is 0 Å². The maximum atomic E-state index is 12.0. The number of aromatic amines is 1. The predicted molar refractivity (Wildman–Crippen MR) is 70.6 cm³/mol. The third-order valence-electron chi connectivity index (χ3n) is 3.61. The van der Waals surface area contributed by atoms with Crippen molar-refractivity contribution in [2.24, 2.45) is 5.92 Å². The highest BCUT2D eigenvalue weighted by Crippen LogP contribution is 2.22. The molecule has 0 aliphatic heterocycles. The summed E-state index contributed by atoms with van der Waals surface area (Å²) in [5.74, 6) is 0.579. The summed E-state index contributed by atoms with van der Waals surface area (Å²) in [6.07, 6.45) is 5.64. The molecule has 0 bridgehead atoms. The monoisotopic (exact) mass is 248 g/mol. The van der Waals surface area contributed by atoms with Gasteiger partial charge in [0.1, 0.15) is 5.69 Å². The number of hydrogen-bond donors (Lipinski definition) is 2. The lowest BCUT2D eigenvalue weighted by atomic mass is 10.0. The minimum absolute atomic E-state index is 0.174. The van der Waals surface area contributed by atoms with E-state index in [1.807, 2.05) is 0 Å². The molecule has 1 aliphatic rings. The van der Waals surface area contributed by atoms with Crippen LogP contribution in [0, 0.1) is 5.92 Å². The summed E-state index contributed by atoms with van der Waals surface area (Å²) < 4.78 is 0. The quantitative estimate of drug-likeness (QED) is 0.787. The average molecular weight is 248 g/mol. The predicted octanol–water partition coefficient (Wildman–Crippen LogP) is 2.07. The average Bonchev–Trinajstić information content (AvgIpc) is 2.54. The number of hydrogen-bond acceptors (Lipinski definition) is 2. The first kappa shape index (κ1) is 12.9. The molecule has 1 amide bonds. The Hall–Kier alpha value is -1.58. The van der Waals surface area contributed by atoms with E-state index in [2.05, 4.69) is 17.2 Å². The zero-order valence-electron chi connectivity index (χ0n) is 10.7. The van der Waals surface area contributed by atoms with Crippen molar-refractivity contribution < 1.29 is 4.79 Å². The number of carbonyl (C=O) groups is 1. The smallest absolute Gasteiger partial charge is 0.268 e. The van der Waals surface area contributed by atoms with Crippen molar-refractivity contribution in [1.29, 1.82) is 0 Å². The van der Waals surface area contributed by atoms with Crippen LogP contribution in [-0.2, 0) is 0 Å². The van der Waals surface area contributed by atoms with Gasteiger partial charge in [-0.1, -0.05) is 25.8 Å². The fourth-order valence-corrected chi connectivity index (χ4v) is 2.47. The van der Waals surface area contributed by atoms with Crippen LogP contribution in [0.4, 0.5) is 0 Å². The summed E-state index contributed by atoms with van der Waals surface area (Å²) in [5, 5.41) is 3.01. The van der Waals surface area contributed by atoms with E-state index in [9.17, 15) is 9.59 Å². The van der Waals surface area contributed by atoms with Gasteiger partial charge in [-0.15, -0.1) is 0 Å².